The Hall–Kier alpha value is -1.34. The zero-order valence-corrected chi connectivity index (χ0v) is 12.9. The fourth-order valence-corrected chi connectivity index (χ4v) is 2.45. The van der Waals surface area contributed by atoms with Crippen LogP contribution in [-0.4, -0.2) is 54.3 Å². The highest BCUT2D eigenvalue weighted by Crippen LogP contribution is 2.15. The predicted octanol–water partition coefficient (Wildman–Crippen LogP) is 1.06. The van der Waals surface area contributed by atoms with E-state index in [2.05, 4.69) is 15.9 Å². The molecule has 0 aromatic carbocycles. The minimum Gasteiger partial charge on any atom is -0.444 e. The van der Waals surface area contributed by atoms with E-state index in [0.717, 1.165) is 12.8 Å². The molecule has 7 heteroatoms. The van der Waals surface area contributed by atoms with Gasteiger partial charge >= 0.3 is 0 Å². The fraction of sp³-hybridized carbons (Fsp3) is 0.538. The number of nitrogens with two attached hydrogens (primary N) is 1. The second kappa shape index (κ2) is 6.41. The molecule has 1 aliphatic heterocycles. The first kappa shape index (κ1) is 15.1. The Labute approximate surface area is 126 Å². The number of furan rings is 1. The second-order valence-corrected chi connectivity index (χ2v) is 5.76. The van der Waals surface area contributed by atoms with E-state index in [0.29, 0.717) is 17.8 Å². The van der Waals surface area contributed by atoms with Crippen molar-refractivity contribution < 1.29 is 14.0 Å². The van der Waals surface area contributed by atoms with Gasteiger partial charge in [-0.1, -0.05) is 0 Å². The Morgan fingerprint density at radius 2 is 2.10 bits per heavy atom. The summed E-state index contributed by atoms with van der Waals surface area (Å²) in [6.07, 6.45) is 1.63. The number of piperidine rings is 1. The molecule has 1 aromatic heterocycles. The molecule has 0 saturated carbocycles. The first-order chi connectivity index (χ1) is 9.47. The molecule has 2 rings (SSSR count). The highest BCUT2D eigenvalue weighted by molar-refractivity contribution is 9.10. The van der Waals surface area contributed by atoms with Gasteiger partial charge in [-0.15, -0.1) is 0 Å². The van der Waals surface area contributed by atoms with Crippen LogP contribution in [0.3, 0.4) is 0 Å². The van der Waals surface area contributed by atoms with Gasteiger partial charge in [0.15, 0.2) is 10.4 Å². The van der Waals surface area contributed by atoms with E-state index >= 15 is 0 Å². The van der Waals surface area contributed by atoms with Gasteiger partial charge in [0.2, 0.25) is 5.91 Å². The third-order valence-electron chi connectivity index (χ3n) is 3.40. The highest BCUT2D eigenvalue weighted by Gasteiger charge is 2.24. The largest absolute Gasteiger partial charge is 0.444 e. The number of likely N-dealkylation sites (tertiary alicyclic amines) is 1. The van der Waals surface area contributed by atoms with Gasteiger partial charge in [0.25, 0.3) is 5.91 Å². The van der Waals surface area contributed by atoms with Crippen molar-refractivity contribution in [1.29, 1.82) is 0 Å². The quantitative estimate of drug-likeness (QED) is 0.889. The van der Waals surface area contributed by atoms with Crippen molar-refractivity contribution in [3.8, 4) is 0 Å². The molecule has 20 heavy (non-hydrogen) atoms. The average molecular weight is 344 g/mol. The van der Waals surface area contributed by atoms with Gasteiger partial charge in [0.05, 0.1) is 6.54 Å². The molecule has 110 valence electrons. The van der Waals surface area contributed by atoms with Crippen molar-refractivity contribution in [2.45, 2.75) is 18.9 Å². The van der Waals surface area contributed by atoms with Crippen LogP contribution in [0.2, 0.25) is 0 Å². The number of carbonyl (C=O) groups excluding carboxylic acids is 2. The summed E-state index contributed by atoms with van der Waals surface area (Å²) in [5.41, 5.74) is 5.81. The van der Waals surface area contributed by atoms with Crippen LogP contribution in [0, 0.1) is 0 Å². The number of rotatable bonds is 3. The van der Waals surface area contributed by atoms with E-state index in [1.807, 2.05) is 0 Å². The lowest BCUT2D eigenvalue weighted by Crippen LogP contribution is -2.47. The first-order valence-electron chi connectivity index (χ1n) is 6.51. The summed E-state index contributed by atoms with van der Waals surface area (Å²) in [6, 6.07) is 3.40. The van der Waals surface area contributed by atoms with Gasteiger partial charge in [-0.05, 0) is 40.9 Å². The SMILES string of the molecule is CN(CC(=O)N1CCC(N)CC1)C(=O)c1ccc(Br)o1. The number of likely N-dealkylation sites (N-methyl/N-ethyl adjacent to an activating group) is 1. The minimum absolute atomic E-state index is 0.0480. The van der Waals surface area contributed by atoms with Crippen LogP contribution in [0.25, 0.3) is 0 Å². The summed E-state index contributed by atoms with van der Waals surface area (Å²) in [5.74, 6) is -0.149. The molecule has 0 atom stereocenters. The summed E-state index contributed by atoms with van der Waals surface area (Å²) in [7, 11) is 1.59. The van der Waals surface area contributed by atoms with E-state index in [4.69, 9.17) is 10.2 Å². The Balaban J connectivity index is 1.89. The third kappa shape index (κ3) is 3.61. The van der Waals surface area contributed by atoms with Gasteiger partial charge < -0.3 is 20.0 Å². The van der Waals surface area contributed by atoms with E-state index in [1.54, 1.807) is 24.1 Å². The molecule has 1 fully saturated rings. The molecule has 2 heterocycles. The maximum Gasteiger partial charge on any atom is 0.289 e. The lowest BCUT2D eigenvalue weighted by Gasteiger charge is -2.31. The standard InChI is InChI=1S/C13H18BrN3O3/c1-16(13(19)10-2-3-11(14)20-10)8-12(18)17-6-4-9(15)5-7-17/h2-3,9H,4-8,15H2,1H3. The van der Waals surface area contributed by atoms with Gasteiger partial charge in [-0.3, -0.25) is 9.59 Å². The normalized spacial score (nSPS) is 16.2. The summed E-state index contributed by atoms with van der Waals surface area (Å²) in [6.45, 7) is 1.37. The van der Waals surface area contributed by atoms with Crippen molar-refractivity contribution in [2.75, 3.05) is 26.7 Å². The molecule has 2 N–H and O–H groups in total. The molecule has 0 unspecified atom stereocenters. The van der Waals surface area contributed by atoms with Crippen molar-refractivity contribution in [2.24, 2.45) is 5.73 Å². The summed E-state index contributed by atoms with van der Waals surface area (Å²) in [4.78, 5) is 27.3. The molecule has 1 saturated heterocycles. The highest BCUT2D eigenvalue weighted by atomic mass is 79.9. The van der Waals surface area contributed by atoms with Crippen molar-refractivity contribution in [3.63, 3.8) is 0 Å². The number of halogens is 1. The monoisotopic (exact) mass is 343 g/mol. The number of amides is 2. The van der Waals surface area contributed by atoms with Crippen molar-refractivity contribution in [1.82, 2.24) is 9.80 Å². The van der Waals surface area contributed by atoms with Crippen LogP contribution in [-0.2, 0) is 4.79 Å². The van der Waals surface area contributed by atoms with Gasteiger partial charge in [-0.2, -0.15) is 0 Å². The Morgan fingerprint density at radius 1 is 1.45 bits per heavy atom. The summed E-state index contributed by atoms with van der Waals surface area (Å²) < 4.78 is 5.68. The van der Waals surface area contributed by atoms with E-state index in [-0.39, 0.29) is 30.2 Å². The zero-order chi connectivity index (χ0) is 14.7. The summed E-state index contributed by atoms with van der Waals surface area (Å²) in [5, 5.41) is 0. The van der Waals surface area contributed by atoms with E-state index in [9.17, 15) is 9.59 Å². The van der Waals surface area contributed by atoms with Crippen LogP contribution in [0.1, 0.15) is 23.4 Å². The van der Waals surface area contributed by atoms with Crippen LogP contribution >= 0.6 is 15.9 Å². The fourth-order valence-electron chi connectivity index (χ4n) is 2.14. The number of hydrogen-bond donors (Lipinski definition) is 1. The van der Waals surface area contributed by atoms with E-state index in [1.165, 1.54) is 4.90 Å². The third-order valence-corrected chi connectivity index (χ3v) is 3.82. The first-order valence-corrected chi connectivity index (χ1v) is 7.31. The zero-order valence-electron chi connectivity index (χ0n) is 11.3. The van der Waals surface area contributed by atoms with E-state index < -0.39 is 0 Å². The van der Waals surface area contributed by atoms with Crippen LogP contribution in [0.5, 0.6) is 0 Å². The second-order valence-electron chi connectivity index (χ2n) is 4.98. The maximum absolute atomic E-state index is 12.1. The molecular weight excluding hydrogens is 326 g/mol. The maximum atomic E-state index is 12.1. The number of hydrogen-bond acceptors (Lipinski definition) is 4. The Morgan fingerprint density at radius 3 is 2.65 bits per heavy atom. The molecular formula is C13H18BrN3O3. The Bertz CT molecular complexity index is 495. The molecule has 0 radical (unpaired) electrons. The molecule has 2 amide bonds. The summed E-state index contributed by atoms with van der Waals surface area (Å²) >= 11 is 3.14. The lowest BCUT2D eigenvalue weighted by molar-refractivity contribution is -0.132. The van der Waals surface area contributed by atoms with Crippen molar-refractivity contribution >= 4 is 27.7 Å². The molecule has 0 aliphatic carbocycles. The van der Waals surface area contributed by atoms with Crippen molar-refractivity contribution in [3.05, 3.63) is 22.6 Å². The predicted molar refractivity (Wildman–Crippen MR) is 77.2 cm³/mol. The average Bonchev–Trinajstić information content (AvgIpc) is 2.85. The van der Waals surface area contributed by atoms with Gasteiger partial charge in [0.1, 0.15) is 0 Å². The molecule has 0 bridgehead atoms. The topological polar surface area (TPSA) is 79.8 Å². The Kier molecular flexibility index (Phi) is 4.82. The molecule has 0 spiro atoms. The van der Waals surface area contributed by atoms with Gasteiger partial charge in [0, 0.05) is 26.2 Å². The molecule has 6 nitrogen and oxygen atoms in total. The minimum atomic E-state index is -0.308. The number of nitrogens with zero attached hydrogens (tertiary/aromatic N) is 2. The smallest absolute Gasteiger partial charge is 0.289 e. The molecule has 1 aromatic rings. The van der Waals surface area contributed by atoms with Crippen LogP contribution in [0.15, 0.2) is 21.2 Å². The number of carbonyl (C=O) groups is 2. The van der Waals surface area contributed by atoms with Gasteiger partial charge in [-0.25, -0.2) is 0 Å². The lowest BCUT2D eigenvalue weighted by atomic mass is 10.1. The molecule has 1 aliphatic rings. The van der Waals surface area contributed by atoms with Crippen LogP contribution < -0.4 is 5.73 Å². The van der Waals surface area contributed by atoms with Crippen LogP contribution in [0.4, 0.5) is 0 Å².